The van der Waals surface area contributed by atoms with Crippen LogP contribution in [0.4, 0.5) is 5.69 Å². The largest absolute Gasteiger partial charge is 0.473 e. The summed E-state index contributed by atoms with van der Waals surface area (Å²) in [4.78, 5) is 41.8. The summed E-state index contributed by atoms with van der Waals surface area (Å²) in [5, 5.41) is 20.6. The lowest BCUT2D eigenvalue weighted by Gasteiger charge is -2.16. The van der Waals surface area contributed by atoms with Crippen LogP contribution in [-0.4, -0.2) is 65.7 Å². The monoisotopic (exact) mass is 414 g/mol. The number of carbonyl (C=O) groups is 4. The third-order valence-corrected chi connectivity index (χ3v) is 4.22. The molecule has 1 rings (SSSR count). The van der Waals surface area contributed by atoms with Crippen molar-refractivity contribution in [3.05, 3.63) is 29.3 Å². The number of esters is 1. The van der Waals surface area contributed by atoms with E-state index >= 15 is 0 Å². The van der Waals surface area contributed by atoms with Crippen LogP contribution in [0.5, 0.6) is 0 Å². The number of aryl methyl sites for hydroxylation is 2. The van der Waals surface area contributed by atoms with E-state index in [4.69, 9.17) is 24.5 Å². The number of rotatable bonds is 8. The molecule has 156 valence electrons. The fraction of sp³-hybridized carbons (Fsp3) is 0.444. The number of benzene rings is 1. The summed E-state index contributed by atoms with van der Waals surface area (Å²) in [5.74, 6) is -3.34. The maximum Gasteiger partial charge on any atom is 0.414 e. The summed E-state index contributed by atoms with van der Waals surface area (Å²) < 4.78 is 4.75. The number of carbonyl (C=O) groups excluding carboxylic acids is 2. The van der Waals surface area contributed by atoms with E-state index in [1.54, 1.807) is 11.8 Å². The first-order valence-electron chi connectivity index (χ1n) is 8.25. The number of thioether (sulfide) groups is 1. The summed E-state index contributed by atoms with van der Waals surface area (Å²) in [6.45, 7) is 4.09. The number of hydrogen-bond donors (Lipinski definition) is 4. The van der Waals surface area contributed by atoms with Crippen molar-refractivity contribution in [2.75, 3.05) is 31.0 Å². The molecular formula is C18H26N2O7S. The first kappa shape index (κ1) is 25.4. The molecule has 0 bridgehead atoms. The minimum absolute atomic E-state index is 0.0705. The van der Waals surface area contributed by atoms with Crippen LogP contribution in [0.3, 0.4) is 0 Å². The summed E-state index contributed by atoms with van der Waals surface area (Å²) in [5.41, 5.74) is 3.06. The number of carboxylic acid groups (broad SMARTS) is 2. The van der Waals surface area contributed by atoms with Crippen LogP contribution in [0.25, 0.3) is 0 Å². The van der Waals surface area contributed by atoms with E-state index in [-0.39, 0.29) is 18.4 Å². The van der Waals surface area contributed by atoms with Crippen LogP contribution in [0.1, 0.15) is 17.5 Å². The van der Waals surface area contributed by atoms with Gasteiger partial charge in [0.05, 0.1) is 13.7 Å². The molecule has 0 heterocycles. The zero-order valence-electron chi connectivity index (χ0n) is 16.3. The first-order valence-corrected chi connectivity index (χ1v) is 9.65. The third-order valence-electron chi connectivity index (χ3n) is 3.58. The molecule has 1 amide bonds. The zero-order valence-corrected chi connectivity index (χ0v) is 17.1. The van der Waals surface area contributed by atoms with E-state index in [9.17, 15) is 9.59 Å². The number of amides is 1. The SMILES string of the molecule is COC(=O)C(CCSC)NCC(=O)Nc1ccc(C)c(C)c1.O=C(O)C(=O)O. The molecule has 0 aliphatic carbocycles. The normalized spacial score (nSPS) is 10.9. The molecule has 1 aromatic carbocycles. The van der Waals surface area contributed by atoms with Crippen molar-refractivity contribution in [1.82, 2.24) is 5.32 Å². The average Bonchev–Trinajstić information content (AvgIpc) is 2.64. The second-order valence-electron chi connectivity index (χ2n) is 5.70. The number of hydrogen-bond acceptors (Lipinski definition) is 7. The van der Waals surface area contributed by atoms with Crippen molar-refractivity contribution in [2.45, 2.75) is 26.3 Å². The predicted molar refractivity (Wildman–Crippen MR) is 107 cm³/mol. The number of nitrogens with one attached hydrogen (secondary N) is 2. The van der Waals surface area contributed by atoms with Gasteiger partial charge in [0.1, 0.15) is 6.04 Å². The van der Waals surface area contributed by atoms with E-state index < -0.39 is 18.0 Å². The predicted octanol–water partition coefficient (Wildman–Crippen LogP) is 1.28. The average molecular weight is 414 g/mol. The molecular weight excluding hydrogens is 388 g/mol. The van der Waals surface area contributed by atoms with Gasteiger partial charge in [-0.2, -0.15) is 11.8 Å². The molecule has 1 aromatic rings. The molecule has 4 N–H and O–H groups in total. The highest BCUT2D eigenvalue weighted by Crippen LogP contribution is 2.13. The third kappa shape index (κ3) is 10.5. The van der Waals surface area contributed by atoms with Gasteiger partial charge in [0, 0.05) is 5.69 Å². The second-order valence-corrected chi connectivity index (χ2v) is 6.68. The Bertz CT molecular complexity index is 683. The van der Waals surface area contributed by atoms with Gasteiger partial charge in [0.2, 0.25) is 5.91 Å². The Labute approximate surface area is 167 Å². The molecule has 1 atom stereocenters. The molecule has 9 nitrogen and oxygen atoms in total. The second kappa shape index (κ2) is 13.6. The molecule has 0 fully saturated rings. The Morgan fingerprint density at radius 3 is 2.18 bits per heavy atom. The van der Waals surface area contributed by atoms with E-state index in [1.165, 1.54) is 12.7 Å². The van der Waals surface area contributed by atoms with Gasteiger partial charge in [-0.15, -0.1) is 0 Å². The standard InChI is InChI=1S/C16H24N2O3S.C2H2O4/c1-11-5-6-13(9-12(11)2)18-15(19)10-17-14(7-8-22-4)16(20)21-3;3-1(4)2(5)6/h5-6,9,14,17H,7-8,10H2,1-4H3,(H,18,19);(H,3,4)(H,5,6). The zero-order chi connectivity index (χ0) is 21.7. The number of methoxy groups -OCH3 is 1. The van der Waals surface area contributed by atoms with Crippen molar-refractivity contribution in [2.24, 2.45) is 0 Å². The first-order chi connectivity index (χ1) is 13.1. The number of carboxylic acids is 2. The van der Waals surface area contributed by atoms with E-state index in [1.807, 2.05) is 38.3 Å². The van der Waals surface area contributed by atoms with Gasteiger partial charge >= 0.3 is 17.9 Å². The fourth-order valence-electron chi connectivity index (χ4n) is 1.92. The number of anilines is 1. The van der Waals surface area contributed by atoms with Crippen LogP contribution >= 0.6 is 11.8 Å². The van der Waals surface area contributed by atoms with Crippen molar-refractivity contribution in [3.63, 3.8) is 0 Å². The van der Waals surface area contributed by atoms with Gasteiger partial charge in [-0.05, 0) is 55.5 Å². The highest BCUT2D eigenvalue weighted by Gasteiger charge is 2.19. The number of ether oxygens (including phenoxy) is 1. The van der Waals surface area contributed by atoms with Crippen molar-refractivity contribution >= 4 is 41.3 Å². The fourth-order valence-corrected chi connectivity index (χ4v) is 2.39. The van der Waals surface area contributed by atoms with Gasteiger partial charge in [0.15, 0.2) is 0 Å². The molecule has 10 heteroatoms. The van der Waals surface area contributed by atoms with Crippen LogP contribution < -0.4 is 10.6 Å². The maximum absolute atomic E-state index is 12.0. The molecule has 0 aromatic heterocycles. The number of aliphatic carboxylic acids is 2. The molecule has 0 radical (unpaired) electrons. The lowest BCUT2D eigenvalue weighted by Crippen LogP contribution is -2.42. The van der Waals surface area contributed by atoms with E-state index in [0.29, 0.717) is 6.42 Å². The Morgan fingerprint density at radius 1 is 1.11 bits per heavy atom. The van der Waals surface area contributed by atoms with Gasteiger partial charge < -0.3 is 20.3 Å². The Balaban J connectivity index is 0.00000105. The van der Waals surface area contributed by atoms with Crippen LogP contribution in [0, 0.1) is 13.8 Å². The minimum Gasteiger partial charge on any atom is -0.473 e. The van der Waals surface area contributed by atoms with Crippen LogP contribution in [0.15, 0.2) is 18.2 Å². The minimum atomic E-state index is -1.82. The summed E-state index contributed by atoms with van der Waals surface area (Å²) in [7, 11) is 1.35. The summed E-state index contributed by atoms with van der Waals surface area (Å²) in [6.07, 6.45) is 2.60. The summed E-state index contributed by atoms with van der Waals surface area (Å²) >= 11 is 1.65. The van der Waals surface area contributed by atoms with E-state index in [0.717, 1.165) is 17.0 Å². The lowest BCUT2D eigenvalue weighted by atomic mass is 10.1. The molecule has 0 spiro atoms. The van der Waals surface area contributed by atoms with Crippen LogP contribution in [0.2, 0.25) is 0 Å². The highest BCUT2D eigenvalue weighted by molar-refractivity contribution is 7.98. The Hall–Kier alpha value is -2.59. The highest BCUT2D eigenvalue weighted by atomic mass is 32.2. The lowest BCUT2D eigenvalue weighted by molar-refractivity contribution is -0.159. The molecule has 28 heavy (non-hydrogen) atoms. The molecule has 0 saturated carbocycles. The van der Waals surface area contributed by atoms with Gasteiger partial charge in [-0.3, -0.25) is 14.9 Å². The van der Waals surface area contributed by atoms with E-state index in [2.05, 4.69) is 10.6 Å². The Kier molecular flexibility index (Phi) is 12.3. The maximum atomic E-state index is 12.0. The summed E-state index contributed by atoms with van der Waals surface area (Å²) in [6, 6.07) is 5.31. The van der Waals surface area contributed by atoms with Crippen LogP contribution in [-0.2, 0) is 23.9 Å². The van der Waals surface area contributed by atoms with Gasteiger partial charge in [0.25, 0.3) is 0 Å². The molecule has 0 aliphatic heterocycles. The molecule has 1 unspecified atom stereocenters. The molecule has 0 saturated heterocycles. The van der Waals surface area contributed by atoms with Crippen molar-refractivity contribution in [3.8, 4) is 0 Å². The Morgan fingerprint density at radius 2 is 1.71 bits per heavy atom. The molecule has 0 aliphatic rings. The van der Waals surface area contributed by atoms with Gasteiger partial charge in [-0.1, -0.05) is 6.07 Å². The smallest absolute Gasteiger partial charge is 0.414 e. The van der Waals surface area contributed by atoms with Crippen molar-refractivity contribution in [1.29, 1.82) is 0 Å². The van der Waals surface area contributed by atoms with Gasteiger partial charge in [-0.25, -0.2) is 9.59 Å². The quantitative estimate of drug-likeness (QED) is 0.365. The topological polar surface area (TPSA) is 142 Å². The van der Waals surface area contributed by atoms with Crippen molar-refractivity contribution < 1.29 is 34.1 Å².